The molecule has 0 radical (unpaired) electrons. The second kappa shape index (κ2) is 12.6. The Balaban J connectivity index is 1.31. The molecule has 0 spiro atoms. The van der Waals surface area contributed by atoms with Crippen LogP contribution in [-0.4, -0.2) is 24.1 Å². The molecular formula is C48H40F3N5. The van der Waals surface area contributed by atoms with Gasteiger partial charge >= 0.3 is 6.18 Å². The van der Waals surface area contributed by atoms with Crippen LogP contribution in [0.1, 0.15) is 58.2 Å². The van der Waals surface area contributed by atoms with Gasteiger partial charge in [0.2, 0.25) is 5.95 Å². The highest BCUT2D eigenvalue weighted by molar-refractivity contribution is 6.10. The number of benzene rings is 6. The lowest BCUT2D eigenvalue weighted by Crippen LogP contribution is -2.12. The Hall–Kier alpha value is -6.28. The van der Waals surface area contributed by atoms with Crippen LogP contribution >= 0.6 is 0 Å². The third-order valence-electron chi connectivity index (χ3n) is 10.7. The maximum Gasteiger partial charge on any atom is 0.418 e. The van der Waals surface area contributed by atoms with E-state index in [1.54, 1.807) is 10.6 Å². The summed E-state index contributed by atoms with van der Waals surface area (Å²) in [6.07, 6.45) is -4.68. The van der Waals surface area contributed by atoms with Crippen LogP contribution in [0, 0.1) is 0 Å². The van der Waals surface area contributed by atoms with Crippen molar-refractivity contribution in [2.75, 3.05) is 0 Å². The van der Waals surface area contributed by atoms with Gasteiger partial charge in [-0.2, -0.15) is 23.1 Å². The van der Waals surface area contributed by atoms with Gasteiger partial charge in [0, 0.05) is 32.7 Å². The van der Waals surface area contributed by atoms with Gasteiger partial charge in [-0.25, -0.2) is 4.98 Å². The van der Waals surface area contributed by atoms with Crippen molar-refractivity contribution < 1.29 is 13.2 Å². The average Bonchev–Trinajstić information content (AvgIpc) is 3.69. The van der Waals surface area contributed by atoms with Crippen LogP contribution in [0.25, 0.3) is 78.0 Å². The summed E-state index contributed by atoms with van der Waals surface area (Å²) in [7, 11) is 0. The summed E-state index contributed by atoms with van der Waals surface area (Å²) in [5.74, 6) is 0.819. The van der Waals surface area contributed by atoms with Crippen LogP contribution in [0.5, 0.6) is 0 Å². The van der Waals surface area contributed by atoms with Gasteiger partial charge in [-0.05, 0) is 76.6 Å². The van der Waals surface area contributed by atoms with Crippen molar-refractivity contribution in [3.8, 4) is 34.4 Å². The van der Waals surface area contributed by atoms with E-state index < -0.39 is 11.7 Å². The first-order chi connectivity index (χ1) is 26.7. The zero-order valence-corrected chi connectivity index (χ0v) is 32.1. The second-order valence-electron chi connectivity index (χ2n) is 16.5. The SMILES string of the molecule is CC(C)(C)c1ccc2c(c1)c1cc(C(C)(C)C)ccc1n2-c1nc(-c2ccccc2)nc(-c2ccc(-n3c4ccccc4c4ccccc43)c(C(F)(F)F)c2)n1. The van der Waals surface area contributed by atoms with Crippen molar-refractivity contribution in [1.29, 1.82) is 0 Å². The molecule has 3 aromatic heterocycles. The standard InChI is InChI=1S/C48H40F3N5/c1-46(2,3)31-21-24-40-35(27-31)36-28-32(47(4,5)6)22-25-41(36)56(40)45-53-43(29-14-8-7-9-15-29)52-44(54-45)30-20-23-42(37(26-30)48(49,50)51)55-38-18-12-10-16-33(38)34-17-11-13-19-39(34)55/h7-28H,1-6H3. The van der Waals surface area contributed by atoms with E-state index in [1.807, 2.05) is 83.4 Å². The molecule has 6 aromatic carbocycles. The fourth-order valence-corrected chi connectivity index (χ4v) is 7.76. The summed E-state index contributed by atoms with van der Waals surface area (Å²) in [5, 5.41) is 3.86. The summed E-state index contributed by atoms with van der Waals surface area (Å²) < 4.78 is 49.6. The molecule has 8 heteroatoms. The first-order valence-electron chi connectivity index (χ1n) is 18.8. The van der Waals surface area contributed by atoms with Crippen molar-refractivity contribution in [2.24, 2.45) is 0 Å². The first-order valence-corrected chi connectivity index (χ1v) is 18.8. The molecule has 0 aliphatic rings. The lowest BCUT2D eigenvalue weighted by molar-refractivity contribution is -0.137. The molecule has 0 saturated heterocycles. The van der Waals surface area contributed by atoms with Gasteiger partial charge in [0.05, 0.1) is 33.3 Å². The van der Waals surface area contributed by atoms with Crippen LogP contribution in [0.15, 0.2) is 133 Å². The van der Waals surface area contributed by atoms with Crippen LogP contribution in [0.4, 0.5) is 13.2 Å². The van der Waals surface area contributed by atoms with Crippen molar-refractivity contribution in [2.45, 2.75) is 58.5 Å². The number of hydrogen-bond donors (Lipinski definition) is 0. The number of alkyl halides is 3. The maximum atomic E-state index is 15.3. The molecule has 3 heterocycles. The summed E-state index contributed by atoms with van der Waals surface area (Å²) in [6, 6.07) is 41.9. The Morgan fingerprint density at radius 2 is 0.911 bits per heavy atom. The van der Waals surface area contributed by atoms with Crippen molar-refractivity contribution in [1.82, 2.24) is 24.1 Å². The summed E-state index contributed by atoms with van der Waals surface area (Å²) in [5.41, 5.74) is 5.57. The molecule has 0 unspecified atom stereocenters. The van der Waals surface area contributed by atoms with Gasteiger partial charge in [-0.15, -0.1) is 0 Å². The largest absolute Gasteiger partial charge is 0.418 e. The van der Waals surface area contributed by atoms with Gasteiger partial charge < -0.3 is 4.57 Å². The van der Waals surface area contributed by atoms with Gasteiger partial charge in [0.1, 0.15) is 0 Å². The quantitative estimate of drug-likeness (QED) is 0.180. The van der Waals surface area contributed by atoms with Gasteiger partial charge in [-0.3, -0.25) is 4.57 Å². The van der Waals surface area contributed by atoms with E-state index in [0.717, 1.165) is 38.1 Å². The van der Waals surface area contributed by atoms with Crippen LogP contribution in [-0.2, 0) is 17.0 Å². The molecule has 0 atom stereocenters. The lowest BCUT2D eigenvalue weighted by atomic mass is 9.85. The molecule has 5 nitrogen and oxygen atoms in total. The summed E-state index contributed by atoms with van der Waals surface area (Å²) in [6.45, 7) is 13.2. The third-order valence-corrected chi connectivity index (χ3v) is 10.7. The Bertz CT molecular complexity index is 2850. The van der Waals surface area contributed by atoms with Gasteiger partial charge in [-0.1, -0.05) is 120 Å². The first kappa shape index (κ1) is 35.4. The van der Waals surface area contributed by atoms with Crippen molar-refractivity contribution in [3.63, 3.8) is 0 Å². The van der Waals surface area contributed by atoms with E-state index in [4.69, 9.17) is 15.0 Å². The highest BCUT2D eigenvalue weighted by Crippen LogP contribution is 2.41. The van der Waals surface area contributed by atoms with E-state index in [0.29, 0.717) is 22.8 Å². The number of fused-ring (bicyclic) bond motifs is 6. The number of aromatic nitrogens is 5. The minimum absolute atomic E-state index is 0.0305. The second-order valence-corrected chi connectivity index (χ2v) is 16.5. The fourth-order valence-electron chi connectivity index (χ4n) is 7.76. The molecule has 0 N–H and O–H groups in total. The molecule has 9 rings (SSSR count). The predicted molar refractivity (Wildman–Crippen MR) is 222 cm³/mol. The molecule has 56 heavy (non-hydrogen) atoms. The normalized spacial score (nSPS) is 12.7. The van der Waals surface area contributed by atoms with E-state index in [9.17, 15) is 0 Å². The van der Waals surface area contributed by atoms with Crippen molar-refractivity contribution in [3.05, 3.63) is 150 Å². The monoisotopic (exact) mass is 743 g/mol. The van der Waals surface area contributed by atoms with Crippen LogP contribution in [0.2, 0.25) is 0 Å². The molecular weight excluding hydrogens is 704 g/mol. The lowest BCUT2D eigenvalue weighted by Gasteiger charge is -2.19. The van der Waals surface area contributed by atoms with E-state index in [1.165, 1.54) is 23.3 Å². The molecule has 0 fully saturated rings. The molecule has 278 valence electrons. The topological polar surface area (TPSA) is 48.5 Å². The molecule has 0 saturated carbocycles. The maximum absolute atomic E-state index is 15.3. The van der Waals surface area contributed by atoms with E-state index in [-0.39, 0.29) is 27.9 Å². The smallest absolute Gasteiger partial charge is 0.309 e. The molecule has 9 aromatic rings. The molecule has 0 aliphatic carbocycles. The Kier molecular flexibility index (Phi) is 7.99. The molecule has 0 aliphatic heterocycles. The predicted octanol–water partition coefficient (Wildman–Crippen LogP) is 13.0. The Morgan fingerprint density at radius 3 is 1.43 bits per heavy atom. The number of para-hydroxylation sites is 2. The third kappa shape index (κ3) is 5.91. The van der Waals surface area contributed by atoms with Gasteiger partial charge in [0.25, 0.3) is 0 Å². The van der Waals surface area contributed by atoms with Crippen LogP contribution in [0.3, 0.4) is 0 Å². The minimum Gasteiger partial charge on any atom is -0.309 e. The molecule has 0 bridgehead atoms. The van der Waals surface area contributed by atoms with E-state index >= 15 is 13.2 Å². The zero-order valence-electron chi connectivity index (χ0n) is 32.1. The number of rotatable bonds is 4. The minimum atomic E-state index is -4.68. The molecule has 0 amide bonds. The Labute approximate surface area is 323 Å². The Morgan fingerprint density at radius 1 is 0.429 bits per heavy atom. The average molecular weight is 744 g/mol. The zero-order chi connectivity index (χ0) is 39.1. The number of halogens is 3. The fraction of sp³-hybridized carbons (Fsp3) is 0.188. The van der Waals surface area contributed by atoms with Crippen LogP contribution < -0.4 is 0 Å². The van der Waals surface area contributed by atoms with Gasteiger partial charge in [0.15, 0.2) is 11.6 Å². The number of hydrogen-bond acceptors (Lipinski definition) is 3. The highest BCUT2D eigenvalue weighted by atomic mass is 19.4. The summed E-state index contributed by atoms with van der Waals surface area (Å²) >= 11 is 0. The van der Waals surface area contributed by atoms with E-state index in [2.05, 4.69) is 77.9 Å². The van der Waals surface area contributed by atoms with Crippen molar-refractivity contribution >= 4 is 43.6 Å². The highest BCUT2D eigenvalue weighted by Gasteiger charge is 2.35. The number of nitrogens with zero attached hydrogens (tertiary/aromatic N) is 5. The summed E-state index contributed by atoms with van der Waals surface area (Å²) in [4.78, 5) is 14.9.